The van der Waals surface area contributed by atoms with Gasteiger partial charge in [0.1, 0.15) is 5.82 Å². The zero-order chi connectivity index (χ0) is 12.4. The average molecular weight is 257 g/mol. The predicted molar refractivity (Wildman–Crippen MR) is 70.3 cm³/mol. The second-order valence-electron chi connectivity index (χ2n) is 4.64. The lowest BCUT2D eigenvalue weighted by molar-refractivity contribution is 0.473. The van der Waals surface area contributed by atoms with Gasteiger partial charge in [0, 0.05) is 18.3 Å². The van der Waals surface area contributed by atoms with E-state index in [0.29, 0.717) is 12.0 Å². The third kappa shape index (κ3) is 2.55. The molecule has 1 saturated heterocycles. The van der Waals surface area contributed by atoms with Gasteiger partial charge in [0.2, 0.25) is 0 Å². The molecule has 1 aromatic rings. The highest BCUT2D eigenvalue weighted by Gasteiger charge is 2.30. The fourth-order valence-corrected chi connectivity index (χ4v) is 2.74. The highest BCUT2D eigenvalue weighted by molar-refractivity contribution is 6.31. The molecule has 1 aliphatic rings. The first-order valence-corrected chi connectivity index (χ1v) is 6.37. The van der Waals surface area contributed by atoms with E-state index in [4.69, 9.17) is 11.6 Å². The SMILES string of the molecule is CNCC1CCN(c2ccc(F)c(Cl)c2)C1C. The summed E-state index contributed by atoms with van der Waals surface area (Å²) in [5.74, 6) is 0.290. The highest BCUT2D eigenvalue weighted by Crippen LogP contribution is 2.31. The standard InChI is InChI=1S/C13H18ClFN2/c1-9-10(8-16-2)5-6-17(9)11-3-4-13(15)12(14)7-11/h3-4,7,9-10,16H,5-6,8H2,1-2H3. The van der Waals surface area contributed by atoms with Crippen LogP contribution in [0.4, 0.5) is 10.1 Å². The molecule has 17 heavy (non-hydrogen) atoms. The van der Waals surface area contributed by atoms with Crippen LogP contribution in [-0.2, 0) is 0 Å². The smallest absolute Gasteiger partial charge is 0.141 e. The van der Waals surface area contributed by atoms with E-state index in [1.165, 1.54) is 6.07 Å². The van der Waals surface area contributed by atoms with Crippen LogP contribution in [0.3, 0.4) is 0 Å². The molecule has 0 radical (unpaired) electrons. The van der Waals surface area contributed by atoms with Crippen molar-refractivity contribution in [2.75, 3.05) is 25.0 Å². The molecule has 0 amide bonds. The van der Waals surface area contributed by atoms with Crippen LogP contribution in [0.2, 0.25) is 5.02 Å². The molecule has 1 aromatic carbocycles. The summed E-state index contributed by atoms with van der Waals surface area (Å²) in [5, 5.41) is 3.42. The molecular formula is C13H18ClFN2. The first-order valence-electron chi connectivity index (χ1n) is 5.99. The molecule has 0 spiro atoms. The van der Waals surface area contributed by atoms with E-state index in [-0.39, 0.29) is 10.8 Å². The van der Waals surface area contributed by atoms with Gasteiger partial charge in [-0.3, -0.25) is 0 Å². The summed E-state index contributed by atoms with van der Waals surface area (Å²) < 4.78 is 13.1. The van der Waals surface area contributed by atoms with Gasteiger partial charge in [-0.1, -0.05) is 11.6 Å². The summed E-state index contributed by atoms with van der Waals surface area (Å²) in [4.78, 5) is 2.30. The number of anilines is 1. The Morgan fingerprint density at radius 2 is 2.29 bits per heavy atom. The zero-order valence-corrected chi connectivity index (χ0v) is 11.0. The molecule has 1 fully saturated rings. The molecule has 0 bridgehead atoms. The summed E-state index contributed by atoms with van der Waals surface area (Å²) in [7, 11) is 1.98. The number of nitrogens with one attached hydrogen (secondary N) is 1. The highest BCUT2D eigenvalue weighted by atomic mass is 35.5. The summed E-state index contributed by atoms with van der Waals surface area (Å²) in [6.45, 7) is 4.24. The van der Waals surface area contributed by atoms with Crippen molar-refractivity contribution in [2.45, 2.75) is 19.4 Å². The minimum absolute atomic E-state index is 0.201. The van der Waals surface area contributed by atoms with Crippen molar-refractivity contribution in [1.82, 2.24) is 5.32 Å². The van der Waals surface area contributed by atoms with Crippen LogP contribution < -0.4 is 10.2 Å². The minimum Gasteiger partial charge on any atom is -0.368 e. The normalized spacial score (nSPS) is 24.4. The Kier molecular flexibility index (Phi) is 3.89. The third-order valence-corrected chi connectivity index (χ3v) is 3.91. The Bertz CT molecular complexity index is 397. The van der Waals surface area contributed by atoms with E-state index >= 15 is 0 Å². The van der Waals surface area contributed by atoms with E-state index < -0.39 is 0 Å². The zero-order valence-electron chi connectivity index (χ0n) is 10.2. The van der Waals surface area contributed by atoms with Gasteiger partial charge in [0.05, 0.1) is 5.02 Å². The Hall–Kier alpha value is -0.800. The lowest BCUT2D eigenvalue weighted by Gasteiger charge is -2.27. The lowest BCUT2D eigenvalue weighted by Crippen LogP contribution is -2.33. The van der Waals surface area contributed by atoms with Crippen molar-refractivity contribution < 1.29 is 4.39 Å². The Morgan fingerprint density at radius 1 is 1.53 bits per heavy atom. The number of hydrogen-bond donors (Lipinski definition) is 1. The molecule has 0 aromatic heterocycles. The van der Waals surface area contributed by atoms with Crippen molar-refractivity contribution in [1.29, 1.82) is 0 Å². The molecule has 1 heterocycles. The maximum absolute atomic E-state index is 13.1. The predicted octanol–water partition coefficient (Wildman–Crippen LogP) is 2.91. The van der Waals surface area contributed by atoms with Crippen molar-refractivity contribution in [2.24, 2.45) is 5.92 Å². The van der Waals surface area contributed by atoms with Gasteiger partial charge in [-0.15, -0.1) is 0 Å². The first-order chi connectivity index (χ1) is 8.13. The second-order valence-corrected chi connectivity index (χ2v) is 5.05. The molecule has 0 aliphatic carbocycles. The van der Waals surface area contributed by atoms with Crippen LogP contribution in [-0.4, -0.2) is 26.2 Å². The van der Waals surface area contributed by atoms with E-state index in [2.05, 4.69) is 17.1 Å². The molecule has 94 valence electrons. The van der Waals surface area contributed by atoms with Gasteiger partial charge in [-0.25, -0.2) is 4.39 Å². The van der Waals surface area contributed by atoms with Crippen molar-refractivity contribution in [3.63, 3.8) is 0 Å². The molecule has 4 heteroatoms. The van der Waals surface area contributed by atoms with E-state index in [1.807, 2.05) is 7.05 Å². The summed E-state index contributed by atoms with van der Waals surface area (Å²) in [6.07, 6.45) is 1.16. The van der Waals surface area contributed by atoms with Crippen molar-refractivity contribution >= 4 is 17.3 Å². The van der Waals surface area contributed by atoms with Crippen LogP contribution in [0.15, 0.2) is 18.2 Å². The largest absolute Gasteiger partial charge is 0.368 e. The molecule has 2 nitrogen and oxygen atoms in total. The fourth-order valence-electron chi connectivity index (χ4n) is 2.57. The summed E-state index contributed by atoms with van der Waals surface area (Å²) in [6, 6.07) is 5.42. The van der Waals surface area contributed by atoms with Crippen LogP contribution in [0.25, 0.3) is 0 Å². The average Bonchev–Trinajstić information content (AvgIpc) is 2.66. The van der Waals surface area contributed by atoms with E-state index in [9.17, 15) is 4.39 Å². The number of hydrogen-bond acceptors (Lipinski definition) is 2. The number of benzene rings is 1. The molecule has 1 N–H and O–H groups in total. The monoisotopic (exact) mass is 256 g/mol. The molecule has 2 atom stereocenters. The Balaban J connectivity index is 2.15. The first kappa shape index (κ1) is 12.7. The second kappa shape index (κ2) is 5.23. The maximum atomic E-state index is 13.1. The quantitative estimate of drug-likeness (QED) is 0.895. The van der Waals surface area contributed by atoms with E-state index in [0.717, 1.165) is 25.2 Å². The Labute approximate surface area is 107 Å². The summed E-state index contributed by atoms with van der Waals surface area (Å²) in [5.41, 5.74) is 1.02. The molecule has 0 saturated carbocycles. The topological polar surface area (TPSA) is 15.3 Å². The van der Waals surface area contributed by atoms with Gasteiger partial charge in [0.15, 0.2) is 0 Å². The van der Waals surface area contributed by atoms with Gasteiger partial charge >= 0.3 is 0 Å². The van der Waals surface area contributed by atoms with Crippen LogP contribution in [0.1, 0.15) is 13.3 Å². The van der Waals surface area contributed by atoms with Crippen molar-refractivity contribution in [3.05, 3.63) is 29.0 Å². The third-order valence-electron chi connectivity index (χ3n) is 3.62. The molecule has 2 rings (SSSR count). The summed E-state index contributed by atoms with van der Waals surface area (Å²) >= 11 is 5.82. The molecular weight excluding hydrogens is 239 g/mol. The molecule has 1 aliphatic heterocycles. The van der Waals surface area contributed by atoms with E-state index in [1.54, 1.807) is 12.1 Å². The van der Waals surface area contributed by atoms with Crippen LogP contribution in [0.5, 0.6) is 0 Å². The number of rotatable bonds is 3. The van der Waals surface area contributed by atoms with Gasteiger partial charge in [0.25, 0.3) is 0 Å². The van der Waals surface area contributed by atoms with Crippen molar-refractivity contribution in [3.8, 4) is 0 Å². The van der Waals surface area contributed by atoms with Crippen LogP contribution in [0, 0.1) is 11.7 Å². The van der Waals surface area contributed by atoms with Gasteiger partial charge in [-0.05, 0) is 51.1 Å². The lowest BCUT2D eigenvalue weighted by atomic mass is 10.0. The number of halogens is 2. The minimum atomic E-state index is -0.353. The van der Waals surface area contributed by atoms with Gasteiger partial charge in [-0.2, -0.15) is 0 Å². The van der Waals surface area contributed by atoms with Crippen LogP contribution >= 0.6 is 11.6 Å². The number of nitrogens with zero attached hydrogens (tertiary/aromatic N) is 1. The van der Waals surface area contributed by atoms with Gasteiger partial charge < -0.3 is 10.2 Å². The maximum Gasteiger partial charge on any atom is 0.141 e. The Morgan fingerprint density at radius 3 is 2.94 bits per heavy atom. The fraction of sp³-hybridized carbons (Fsp3) is 0.538. The molecule has 2 unspecified atom stereocenters.